The molecule has 0 saturated carbocycles. The molecule has 27 heavy (non-hydrogen) atoms. The number of rotatable bonds is 2. The lowest BCUT2D eigenvalue weighted by Crippen LogP contribution is -2.39. The number of isothiocyanates is 1. The zero-order valence-corrected chi connectivity index (χ0v) is 16.6. The molecule has 1 aliphatic heterocycles. The van der Waals surface area contributed by atoms with Crippen molar-refractivity contribution in [3.05, 3.63) is 34.4 Å². The average molecular weight is 419 g/mol. The first-order valence-electron chi connectivity index (χ1n) is 8.08. The van der Waals surface area contributed by atoms with Gasteiger partial charge in [-0.15, -0.1) is 0 Å². The van der Waals surface area contributed by atoms with Crippen LogP contribution in [0.4, 0.5) is 23.7 Å². The van der Waals surface area contributed by atoms with Crippen LogP contribution < -0.4 is 0 Å². The molecule has 0 aliphatic carbocycles. The molecule has 0 spiro atoms. The molecule has 0 saturated heterocycles. The summed E-state index contributed by atoms with van der Waals surface area (Å²) >= 11 is 10.6. The Morgan fingerprint density at radius 2 is 2.00 bits per heavy atom. The molecule has 9 heteroatoms. The number of benzene rings is 1. The lowest BCUT2D eigenvalue weighted by atomic mass is 9.94. The first-order chi connectivity index (χ1) is 12.4. The second kappa shape index (κ2) is 8.00. The Morgan fingerprint density at radius 1 is 1.33 bits per heavy atom. The molecule has 1 aromatic carbocycles. The van der Waals surface area contributed by atoms with Gasteiger partial charge >= 0.3 is 12.3 Å². The Bertz CT molecular complexity index is 825. The largest absolute Gasteiger partial charge is 0.444 e. The summed E-state index contributed by atoms with van der Waals surface area (Å²) in [6, 6.07) is 2.20. The summed E-state index contributed by atoms with van der Waals surface area (Å²) in [4.78, 5) is 17.1. The van der Waals surface area contributed by atoms with Gasteiger partial charge in [0.15, 0.2) is 0 Å². The van der Waals surface area contributed by atoms with Crippen molar-refractivity contribution in [2.75, 3.05) is 13.1 Å². The van der Waals surface area contributed by atoms with Gasteiger partial charge in [-0.1, -0.05) is 17.7 Å². The summed E-state index contributed by atoms with van der Waals surface area (Å²) in [5, 5.41) is 1.96. The number of carbonyl (C=O) groups is 1. The number of alkyl halides is 3. The van der Waals surface area contributed by atoms with E-state index in [1.54, 1.807) is 26.8 Å². The van der Waals surface area contributed by atoms with Gasteiger partial charge in [0.1, 0.15) is 5.60 Å². The summed E-state index contributed by atoms with van der Waals surface area (Å²) in [6.07, 6.45) is -3.34. The molecule has 146 valence electrons. The van der Waals surface area contributed by atoms with E-state index >= 15 is 0 Å². The quantitative estimate of drug-likeness (QED) is 0.429. The van der Waals surface area contributed by atoms with Gasteiger partial charge in [0.05, 0.1) is 21.4 Å². The molecule has 0 aromatic heterocycles. The summed E-state index contributed by atoms with van der Waals surface area (Å²) < 4.78 is 45.9. The highest BCUT2D eigenvalue weighted by Gasteiger charge is 2.36. The van der Waals surface area contributed by atoms with Crippen LogP contribution in [0.5, 0.6) is 0 Å². The minimum atomic E-state index is -4.62. The smallest absolute Gasteiger partial charge is 0.417 e. The standard InChI is InChI=1S/C18H18ClF3N2O2S/c1-17(2,3)26-16(25)24-6-4-11(5-7-24)15-13(18(20,21)22)8-12(23-10-27)9-14(15)19/h4,8-9H,5-7H2,1-3H3. The second-order valence-corrected chi connectivity index (χ2v) is 7.55. The van der Waals surface area contributed by atoms with Crippen LogP contribution in [0.2, 0.25) is 5.02 Å². The van der Waals surface area contributed by atoms with Crippen LogP contribution in [-0.4, -0.2) is 34.8 Å². The second-order valence-electron chi connectivity index (χ2n) is 6.96. The molecule has 2 rings (SSSR count). The number of hydrogen-bond donors (Lipinski definition) is 0. The summed E-state index contributed by atoms with van der Waals surface area (Å²) in [5.41, 5.74) is -1.23. The SMILES string of the molecule is CC(C)(C)OC(=O)N1CC=C(c2c(Cl)cc(N=C=S)cc2C(F)(F)F)CC1. The van der Waals surface area contributed by atoms with Crippen LogP contribution in [-0.2, 0) is 10.9 Å². The molecule has 1 heterocycles. The molecule has 0 bridgehead atoms. The van der Waals surface area contributed by atoms with Gasteiger partial charge in [0, 0.05) is 18.7 Å². The van der Waals surface area contributed by atoms with E-state index in [-0.39, 0.29) is 35.8 Å². The van der Waals surface area contributed by atoms with Crippen molar-refractivity contribution in [1.29, 1.82) is 0 Å². The minimum absolute atomic E-state index is 0.0159. The fourth-order valence-corrected chi connectivity index (χ4v) is 3.09. The fourth-order valence-electron chi connectivity index (χ4n) is 2.65. The summed E-state index contributed by atoms with van der Waals surface area (Å²) in [7, 11) is 0. The number of amides is 1. The first kappa shape index (κ1) is 21.4. The van der Waals surface area contributed by atoms with E-state index in [1.165, 1.54) is 11.0 Å². The number of nitrogens with zero attached hydrogens (tertiary/aromatic N) is 2. The van der Waals surface area contributed by atoms with E-state index in [1.807, 2.05) is 5.16 Å². The van der Waals surface area contributed by atoms with Gasteiger partial charge in [-0.25, -0.2) is 4.79 Å². The number of halogens is 4. The van der Waals surface area contributed by atoms with Crippen LogP contribution in [0, 0.1) is 0 Å². The van der Waals surface area contributed by atoms with Gasteiger partial charge in [0.2, 0.25) is 0 Å². The number of aliphatic imine (C=N–C) groups is 1. The maximum Gasteiger partial charge on any atom is 0.417 e. The van der Waals surface area contributed by atoms with Crippen molar-refractivity contribution in [2.45, 2.75) is 39.0 Å². The molecule has 1 aliphatic rings. The highest BCUT2D eigenvalue weighted by atomic mass is 35.5. The van der Waals surface area contributed by atoms with E-state index < -0.39 is 23.4 Å². The molecule has 4 nitrogen and oxygen atoms in total. The van der Waals surface area contributed by atoms with Crippen molar-refractivity contribution in [3.63, 3.8) is 0 Å². The van der Waals surface area contributed by atoms with Gasteiger partial charge in [-0.2, -0.15) is 18.2 Å². The Balaban J connectivity index is 2.36. The maximum absolute atomic E-state index is 13.5. The predicted octanol–water partition coefficient (Wildman–Crippen LogP) is 6.12. The number of thiocarbonyl (C=S) groups is 1. The van der Waals surface area contributed by atoms with Crippen molar-refractivity contribution in [1.82, 2.24) is 4.90 Å². The molecule has 0 atom stereocenters. The molecular formula is C18H18ClF3N2O2S. The van der Waals surface area contributed by atoms with Crippen molar-refractivity contribution < 1.29 is 22.7 Å². The summed E-state index contributed by atoms with van der Waals surface area (Å²) in [6.45, 7) is 5.60. The van der Waals surface area contributed by atoms with Crippen LogP contribution in [0.15, 0.2) is 23.2 Å². The molecule has 1 aromatic rings. The van der Waals surface area contributed by atoms with Crippen molar-refractivity contribution in [3.8, 4) is 0 Å². The number of ether oxygens (including phenoxy) is 1. The topological polar surface area (TPSA) is 41.9 Å². The maximum atomic E-state index is 13.5. The van der Waals surface area contributed by atoms with Crippen LogP contribution >= 0.6 is 23.8 Å². The molecule has 0 unspecified atom stereocenters. The normalized spacial score (nSPS) is 15.1. The van der Waals surface area contributed by atoms with E-state index in [0.717, 1.165) is 6.07 Å². The van der Waals surface area contributed by atoms with E-state index in [9.17, 15) is 18.0 Å². The van der Waals surface area contributed by atoms with Crippen LogP contribution in [0.1, 0.15) is 38.3 Å². The monoisotopic (exact) mass is 418 g/mol. The molecular weight excluding hydrogens is 401 g/mol. The lowest BCUT2D eigenvalue weighted by Gasteiger charge is -2.30. The Labute approximate surface area is 165 Å². The third-order valence-electron chi connectivity index (χ3n) is 3.74. The first-order valence-corrected chi connectivity index (χ1v) is 8.87. The zero-order valence-electron chi connectivity index (χ0n) is 15.0. The van der Waals surface area contributed by atoms with Crippen molar-refractivity contribution >= 4 is 46.3 Å². The minimum Gasteiger partial charge on any atom is -0.444 e. The Morgan fingerprint density at radius 3 is 2.48 bits per heavy atom. The van der Waals surface area contributed by atoms with Crippen LogP contribution in [0.3, 0.4) is 0 Å². The molecule has 1 amide bonds. The Hall–Kier alpha value is -1.89. The highest BCUT2D eigenvalue weighted by molar-refractivity contribution is 7.78. The summed E-state index contributed by atoms with van der Waals surface area (Å²) in [5.74, 6) is 0. The van der Waals surface area contributed by atoms with Crippen LogP contribution in [0.25, 0.3) is 5.57 Å². The van der Waals surface area contributed by atoms with E-state index in [2.05, 4.69) is 17.2 Å². The molecule has 0 fully saturated rings. The fraction of sp³-hybridized carbons (Fsp3) is 0.444. The molecule has 0 radical (unpaired) electrons. The predicted molar refractivity (Wildman–Crippen MR) is 102 cm³/mol. The third-order valence-corrected chi connectivity index (χ3v) is 4.13. The average Bonchev–Trinajstić information content (AvgIpc) is 2.52. The third kappa shape index (κ3) is 5.54. The number of carbonyl (C=O) groups excluding carboxylic acids is 1. The Kier molecular flexibility index (Phi) is 6.35. The van der Waals surface area contributed by atoms with Crippen molar-refractivity contribution in [2.24, 2.45) is 4.99 Å². The van der Waals surface area contributed by atoms with Gasteiger partial charge < -0.3 is 9.64 Å². The van der Waals surface area contributed by atoms with Gasteiger partial charge in [-0.05, 0) is 57.1 Å². The zero-order chi connectivity index (χ0) is 20.4. The van der Waals surface area contributed by atoms with Gasteiger partial charge in [-0.3, -0.25) is 0 Å². The van der Waals surface area contributed by atoms with Gasteiger partial charge in [0.25, 0.3) is 0 Å². The highest BCUT2D eigenvalue weighted by Crippen LogP contribution is 2.42. The van der Waals surface area contributed by atoms with E-state index in [0.29, 0.717) is 5.57 Å². The molecule has 0 N–H and O–H groups in total. The number of hydrogen-bond acceptors (Lipinski definition) is 4. The lowest BCUT2D eigenvalue weighted by molar-refractivity contribution is -0.137. The van der Waals surface area contributed by atoms with E-state index in [4.69, 9.17) is 16.3 Å².